The number of halogens is 1. The van der Waals surface area contributed by atoms with Crippen molar-refractivity contribution in [3.05, 3.63) is 59.3 Å². The molecular weight excluding hydrogens is 329 g/mol. The van der Waals surface area contributed by atoms with Crippen molar-refractivity contribution in [2.45, 2.75) is 25.5 Å². The average Bonchev–Trinajstić information content (AvgIpc) is 3.25. The monoisotopic (exact) mass is 347 g/mol. The molecule has 3 rings (SSSR count). The molecule has 1 fully saturated rings. The fourth-order valence-electron chi connectivity index (χ4n) is 2.83. The summed E-state index contributed by atoms with van der Waals surface area (Å²) < 4.78 is 24.1. The molecule has 0 radical (unpaired) electrons. The largest absolute Gasteiger partial charge is 0.478 e. The summed E-state index contributed by atoms with van der Waals surface area (Å²) in [7, 11) is 0. The van der Waals surface area contributed by atoms with Crippen LogP contribution in [0, 0.1) is 5.82 Å². The molecule has 1 aromatic carbocycles. The van der Waals surface area contributed by atoms with Crippen molar-refractivity contribution < 1.29 is 28.2 Å². The van der Waals surface area contributed by atoms with Gasteiger partial charge in [0.25, 0.3) is 5.91 Å². The van der Waals surface area contributed by atoms with Crippen molar-refractivity contribution in [1.82, 2.24) is 4.90 Å². The van der Waals surface area contributed by atoms with Gasteiger partial charge >= 0.3 is 5.97 Å². The zero-order valence-corrected chi connectivity index (χ0v) is 13.5. The molecule has 1 saturated heterocycles. The van der Waals surface area contributed by atoms with Crippen molar-refractivity contribution in [1.29, 1.82) is 0 Å². The van der Waals surface area contributed by atoms with Crippen molar-refractivity contribution >= 4 is 11.9 Å². The Morgan fingerprint density at radius 2 is 2.16 bits per heavy atom. The number of aromatic carboxylic acids is 1. The molecular formula is C18H18FNO5. The van der Waals surface area contributed by atoms with Crippen molar-refractivity contribution in [3.63, 3.8) is 0 Å². The Morgan fingerprint density at radius 3 is 2.80 bits per heavy atom. The van der Waals surface area contributed by atoms with E-state index in [-0.39, 0.29) is 29.8 Å². The van der Waals surface area contributed by atoms with Gasteiger partial charge in [-0.25, -0.2) is 9.18 Å². The smallest absolute Gasteiger partial charge is 0.338 e. The topological polar surface area (TPSA) is 80.0 Å². The molecule has 1 atom stereocenters. The minimum Gasteiger partial charge on any atom is -0.478 e. The van der Waals surface area contributed by atoms with E-state index in [1.165, 1.54) is 23.1 Å². The van der Waals surface area contributed by atoms with Crippen LogP contribution in [0.15, 0.2) is 41.0 Å². The zero-order chi connectivity index (χ0) is 17.8. The summed E-state index contributed by atoms with van der Waals surface area (Å²) in [6.45, 7) is 1.16. The van der Waals surface area contributed by atoms with Crippen LogP contribution in [-0.4, -0.2) is 41.1 Å². The van der Waals surface area contributed by atoms with E-state index in [0.717, 1.165) is 19.1 Å². The predicted molar refractivity (Wildman–Crippen MR) is 85.8 cm³/mol. The Balaban J connectivity index is 1.80. The van der Waals surface area contributed by atoms with Crippen LogP contribution in [0.4, 0.5) is 4.39 Å². The molecule has 6 nitrogen and oxygen atoms in total. The van der Waals surface area contributed by atoms with Gasteiger partial charge in [0.2, 0.25) is 0 Å². The second-order valence-corrected chi connectivity index (χ2v) is 5.96. The molecule has 132 valence electrons. The molecule has 7 heteroatoms. The number of carbonyl (C=O) groups excluding carboxylic acids is 1. The van der Waals surface area contributed by atoms with Crippen LogP contribution in [0.1, 0.15) is 39.3 Å². The fraction of sp³-hybridized carbons (Fsp3) is 0.333. The lowest BCUT2D eigenvalue weighted by molar-refractivity contribution is 0.0483. The Hall–Kier alpha value is -2.67. The van der Waals surface area contributed by atoms with Crippen LogP contribution >= 0.6 is 0 Å². The van der Waals surface area contributed by atoms with E-state index < -0.39 is 11.9 Å². The number of carboxylic acid groups (broad SMARTS) is 1. The van der Waals surface area contributed by atoms with Crippen LogP contribution in [0.5, 0.6) is 0 Å². The lowest BCUT2D eigenvalue weighted by atomic mass is 10.1. The Kier molecular flexibility index (Phi) is 5.14. The van der Waals surface area contributed by atoms with E-state index in [2.05, 4.69) is 0 Å². The number of hydrogen-bond donors (Lipinski definition) is 1. The minimum absolute atomic E-state index is 0.0631. The number of carboxylic acids is 1. The van der Waals surface area contributed by atoms with E-state index in [1.54, 1.807) is 12.1 Å². The zero-order valence-electron chi connectivity index (χ0n) is 13.5. The standard InChI is InChI=1S/C18H18FNO5/c19-14-4-1-3-12(7-14)9-20(10-15-5-2-6-24-15)17(21)16-8-13(11-25-16)18(22)23/h1,3-4,7-8,11,15H,2,5-6,9-10H2,(H,22,23)/t15-/m0/s1. The van der Waals surface area contributed by atoms with Gasteiger partial charge in [0, 0.05) is 25.8 Å². The second-order valence-electron chi connectivity index (χ2n) is 5.96. The lowest BCUT2D eigenvalue weighted by Gasteiger charge is -2.24. The van der Waals surface area contributed by atoms with Gasteiger partial charge in [-0.15, -0.1) is 0 Å². The van der Waals surface area contributed by atoms with Crippen molar-refractivity contribution in [2.75, 3.05) is 13.2 Å². The number of furan rings is 1. The summed E-state index contributed by atoms with van der Waals surface area (Å²) >= 11 is 0. The number of ether oxygens (including phenoxy) is 1. The first-order valence-corrected chi connectivity index (χ1v) is 8.00. The van der Waals surface area contributed by atoms with E-state index >= 15 is 0 Å². The van der Waals surface area contributed by atoms with Gasteiger partial charge in [0.15, 0.2) is 5.76 Å². The summed E-state index contributed by atoms with van der Waals surface area (Å²) in [4.78, 5) is 25.2. The number of rotatable bonds is 6. The number of benzene rings is 1. The van der Waals surface area contributed by atoms with E-state index in [1.807, 2.05) is 0 Å². The molecule has 1 aromatic heterocycles. The maximum atomic E-state index is 13.4. The Bertz CT molecular complexity index is 766. The molecule has 2 heterocycles. The van der Waals surface area contributed by atoms with Crippen LogP contribution in [0.2, 0.25) is 0 Å². The molecule has 2 aromatic rings. The summed E-state index contributed by atoms with van der Waals surface area (Å²) in [5, 5.41) is 8.97. The molecule has 0 aliphatic carbocycles. The first-order valence-electron chi connectivity index (χ1n) is 8.00. The predicted octanol–water partition coefficient (Wildman–Crippen LogP) is 2.94. The highest BCUT2D eigenvalue weighted by molar-refractivity contribution is 5.95. The van der Waals surface area contributed by atoms with Gasteiger partial charge in [-0.1, -0.05) is 12.1 Å². The number of carbonyl (C=O) groups is 2. The minimum atomic E-state index is -1.17. The third-order valence-corrected chi connectivity index (χ3v) is 4.05. The number of hydrogen-bond acceptors (Lipinski definition) is 4. The highest BCUT2D eigenvalue weighted by atomic mass is 19.1. The third kappa shape index (κ3) is 4.24. The molecule has 0 bridgehead atoms. The maximum Gasteiger partial charge on any atom is 0.338 e. The SMILES string of the molecule is O=C(O)c1coc(C(=O)N(Cc2cccc(F)c2)C[C@@H]2CCCO2)c1. The molecule has 0 unspecified atom stereocenters. The molecule has 1 aliphatic rings. The van der Waals surface area contributed by atoms with Gasteiger partial charge < -0.3 is 19.2 Å². The Labute approximate surface area is 143 Å². The molecule has 0 spiro atoms. The van der Waals surface area contributed by atoms with Crippen LogP contribution < -0.4 is 0 Å². The first-order chi connectivity index (χ1) is 12.0. The summed E-state index contributed by atoms with van der Waals surface area (Å²) in [6.07, 6.45) is 2.70. The lowest BCUT2D eigenvalue weighted by Crippen LogP contribution is -2.36. The second kappa shape index (κ2) is 7.48. The summed E-state index contributed by atoms with van der Waals surface area (Å²) in [5.41, 5.74) is 0.544. The average molecular weight is 347 g/mol. The quantitative estimate of drug-likeness (QED) is 0.869. The number of amides is 1. The summed E-state index contributed by atoms with van der Waals surface area (Å²) in [6, 6.07) is 7.19. The van der Waals surface area contributed by atoms with E-state index in [0.29, 0.717) is 18.7 Å². The van der Waals surface area contributed by atoms with Crippen LogP contribution in [0.25, 0.3) is 0 Å². The van der Waals surface area contributed by atoms with Gasteiger partial charge in [-0.05, 0) is 30.5 Å². The molecule has 1 aliphatic heterocycles. The van der Waals surface area contributed by atoms with Crippen LogP contribution in [-0.2, 0) is 11.3 Å². The van der Waals surface area contributed by atoms with Crippen molar-refractivity contribution in [2.24, 2.45) is 0 Å². The normalized spacial score (nSPS) is 16.8. The first kappa shape index (κ1) is 17.2. The van der Waals surface area contributed by atoms with Gasteiger partial charge in [0.1, 0.15) is 12.1 Å². The van der Waals surface area contributed by atoms with Gasteiger partial charge in [-0.2, -0.15) is 0 Å². The molecule has 1 N–H and O–H groups in total. The van der Waals surface area contributed by atoms with Gasteiger partial charge in [-0.3, -0.25) is 4.79 Å². The van der Waals surface area contributed by atoms with Crippen LogP contribution in [0.3, 0.4) is 0 Å². The number of nitrogens with zero attached hydrogens (tertiary/aromatic N) is 1. The fourth-order valence-corrected chi connectivity index (χ4v) is 2.83. The molecule has 25 heavy (non-hydrogen) atoms. The summed E-state index contributed by atoms with van der Waals surface area (Å²) in [5.74, 6) is -2.06. The Morgan fingerprint density at radius 1 is 1.32 bits per heavy atom. The highest BCUT2D eigenvalue weighted by Gasteiger charge is 2.26. The molecule has 0 saturated carbocycles. The maximum absolute atomic E-state index is 13.4. The molecule has 1 amide bonds. The van der Waals surface area contributed by atoms with E-state index in [9.17, 15) is 14.0 Å². The third-order valence-electron chi connectivity index (χ3n) is 4.05. The highest BCUT2D eigenvalue weighted by Crippen LogP contribution is 2.19. The van der Waals surface area contributed by atoms with Gasteiger partial charge in [0.05, 0.1) is 11.7 Å². The van der Waals surface area contributed by atoms with E-state index in [4.69, 9.17) is 14.3 Å². The van der Waals surface area contributed by atoms with Crippen molar-refractivity contribution in [3.8, 4) is 0 Å².